The van der Waals surface area contributed by atoms with Gasteiger partial charge in [-0.3, -0.25) is 0 Å². The molecule has 2 rings (SSSR count). The van der Waals surface area contributed by atoms with Gasteiger partial charge in [0, 0.05) is 19.0 Å². The Hall–Kier alpha value is -1.25. The second kappa shape index (κ2) is 8.22. The van der Waals surface area contributed by atoms with E-state index in [-0.39, 0.29) is 23.4 Å². The van der Waals surface area contributed by atoms with Gasteiger partial charge in [0.05, 0.1) is 37.8 Å². The minimum Gasteiger partial charge on any atom is -0.345 e. The molecule has 8 heteroatoms. The maximum Gasteiger partial charge on any atom is 0.173 e. The zero-order chi connectivity index (χ0) is 17.7. The summed E-state index contributed by atoms with van der Waals surface area (Å²) in [7, 11) is 1.13. The Morgan fingerprint density at radius 2 is 2.12 bits per heavy atom. The van der Waals surface area contributed by atoms with Crippen molar-refractivity contribution in [3.63, 3.8) is 0 Å². The van der Waals surface area contributed by atoms with Crippen molar-refractivity contribution in [1.82, 2.24) is 4.90 Å². The molecule has 0 radical (unpaired) electrons. The average molecular weight is 375 g/mol. The fourth-order valence-corrected chi connectivity index (χ4v) is 4.90. The molecule has 134 valence electrons. The van der Waals surface area contributed by atoms with Crippen LogP contribution in [-0.4, -0.2) is 63.2 Å². The lowest BCUT2D eigenvalue weighted by molar-refractivity contribution is -0.858. The Balaban J connectivity index is 2.09. The molecule has 2 N–H and O–H groups in total. The second-order valence-electron chi connectivity index (χ2n) is 6.47. The molecule has 0 aliphatic carbocycles. The first-order valence-corrected chi connectivity index (χ1v) is 10.3. The van der Waals surface area contributed by atoms with Gasteiger partial charge in [0.25, 0.3) is 0 Å². The van der Waals surface area contributed by atoms with Crippen LogP contribution in [0.5, 0.6) is 0 Å². The Morgan fingerprint density at radius 3 is 2.71 bits per heavy atom. The molecule has 0 spiro atoms. The van der Waals surface area contributed by atoms with Crippen molar-refractivity contribution >= 4 is 32.9 Å². The quantitative estimate of drug-likeness (QED) is 0.712. The van der Waals surface area contributed by atoms with Gasteiger partial charge in [-0.15, -0.1) is 0 Å². The topological polar surface area (TPSA) is 53.9 Å². The number of hydrogen-bond acceptors (Lipinski definition) is 3. The number of rotatable bonds is 6. The highest BCUT2D eigenvalue weighted by molar-refractivity contribution is 7.91. The number of thiocarbonyl (C=S) groups is 1. The van der Waals surface area contributed by atoms with E-state index in [0.29, 0.717) is 23.8 Å². The Bertz CT molecular complexity index is 680. The van der Waals surface area contributed by atoms with Gasteiger partial charge in [0.2, 0.25) is 0 Å². The molecular weight excluding hydrogens is 349 g/mol. The number of hydrogen-bond donors (Lipinski definition) is 2. The molecule has 1 aliphatic heterocycles. The summed E-state index contributed by atoms with van der Waals surface area (Å²) in [4.78, 5) is 3.23. The van der Waals surface area contributed by atoms with Crippen molar-refractivity contribution in [2.75, 3.05) is 44.0 Å². The van der Waals surface area contributed by atoms with Crippen LogP contribution in [0, 0.1) is 5.82 Å². The van der Waals surface area contributed by atoms with Crippen molar-refractivity contribution in [2.24, 2.45) is 0 Å². The molecule has 1 saturated heterocycles. The van der Waals surface area contributed by atoms with E-state index in [2.05, 4.69) is 19.4 Å². The van der Waals surface area contributed by atoms with Gasteiger partial charge in [0.15, 0.2) is 14.9 Å². The molecule has 5 nitrogen and oxygen atoms in total. The van der Waals surface area contributed by atoms with E-state index in [9.17, 15) is 12.8 Å². The van der Waals surface area contributed by atoms with Crippen LogP contribution in [0.3, 0.4) is 0 Å². The first-order chi connectivity index (χ1) is 11.3. The number of para-hydroxylation sites is 1. The smallest absolute Gasteiger partial charge is 0.173 e. The third-order valence-electron chi connectivity index (χ3n) is 4.10. The van der Waals surface area contributed by atoms with Crippen LogP contribution in [0.25, 0.3) is 0 Å². The molecule has 1 atom stereocenters. The summed E-state index contributed by atoms with van der Waals surface area (Å²) in [6.45, 7) is 1.62. The van der Waals surface area contributed by atoms with Crippen LogP contribution >= 0.6 is 12.2 Å². The zero-order valence-corrected chi connectivity index (χ0v) is 15.7. The minimum absolute atomic E-state index is 0.112. The van der Waals surface area contributed by atoms with Gasteiger partial charge in [-0.05, 0) is 30.8 Å². The van der Waals surface area contributed by atoms with Crippen molar-refractivity contribution in [3.05, 3.63) is 30.1 Å². The molecule has 1 aromatic rings. The van der Waals surface area contributed by atoms with E-state index in [0.717, 1.165) is 13.0 Å². The van der Waals surface area contributed by atoms with Gasteiger partial charge < -0.3 is 15.1 Å². The molecule has 0 aromatic heterocycles. The van der Waals surface area contributed by atoms with Crippen LogP contribution < -0.4 is 10.2 Å². The van der Waals surface area contributed by atoms with Gasteiger partial charge >= 0.3 is 0 Å². The highest BCUT2D eigenvalue weighted by Gasteiger charge is 2.33. The summed E-state index contributed by atoms with van der Waals surface area (Å²) in [6.07, 6.45) is 1.45. The van der Waals surface area contributed by atoms with E-state index >= 15 is 0 Å². The van der Waals surface area contributed by atoms with Crippen LogP contribution in [0.4, 0.5) is 10.1 Å². The Morgan fingerprint density at radius 1 is 1.42 bits per heavy atom. The molecule has 1 heterocycles. The van der Waals surface area contributed by atoms with E-state index in [1.807, 2.05) is 4.90 Å². The fraction of sp³-hybridized carbons (Fsp3) is 0.562. The first kappa shape index (κ1) is 19.1. The molecule has 24 heavy (non-hydrogen) atoms. The summed E-state index contributed by atoms with van der Waals surface area (Å²) in [6, 6.07) is 6.19. The summed E-state index contributed by atoms with van der Waals surface area (Å²) < 4.78 is 37.4. The monoisotopic (exact) mass is 374 g/mol. The van der Waals surface area contributed by atoms with E-state index < -0.39 is 9.84 Å². The molecule has 1 aliphatic rings. The number of anilines is 1. The third kappa shape index (κ3) is 5.39. The van der Waals surface area contributed by atoms with E-state index in [4.69, 9.17) is 12.2 Å². The SMILES string of the molecule is C[NH+](C)CCCN(C(=S)Nc1ccccc1F)[C@H]1CCS(=O)(=O)C1. The molecular formula is C16H25FN3O2S2+. The molecule has 1 fully saturated rings. The zero-order valence-electron chi connectivity index (χ0n) is 14.1. The highest BCUT2D eigenvalue weighted by atomic mass is 32.2. The van der Waals surface area contributed by atoms with Crippen molar-refractivity contribution in [2.45, 2.75) is 18.9 Å². The van der Waals surface area contributed by atoms with Crippen LogP contribution in [-0.2, 0) is 9.84 Å². The molecule has 1 aromatic carbocycles. The van der Waals surface area contributed by atoms with E-state index in [1.54, 1.807) is 18.2 Å². The lowest BCUT2D eigenvalue weighted by Gasteiger charge is -2.31. The van der Waals surface area contributed by atoms with Gasteiger partial charge in [-0.25, -0.2) is 12.8 Å². The van der Waals surface area contributed by atoms with Crippen LogP contribution in [0.1, 0.15) is 12.8 Å². The van der Waals surface area contributed by atoms with Crippen molar-refractivity contribution < 1.29 is 17.7 Å². The van der Waals surface area contributed by atoms with Crippen molar-refractivity contribution in [3.8, 4) is 0 Å². The first-order valence-electron chi connectivity index (χ1n) is 8.10. The average Bonchev–Trinajstić information content (AvgIpc) is 2.85. The fourth-order valence-electron chi connectivity index (χ4n) is 2.82. The van der Waals surface area contributed by atoms with Crippen molar-refractivity contribution in [1.29, 1.82) is 0 Å². The summed E-state index contributed by atoms with van der Waals surface area (Å²) >= 11 is 5.45. The number of benzene rings is 1. The second-order valence-corrected chi connectivity index (χ2v) is 9.09. The number of nitrogens with zero attached hydrogens (tertiary/aromatic N) is 1. The van der Waals surface area contributed by atoms with Crippen LogP contribution in [0.15, 0.2) is 24.3 Å². The maximum atomic E-state index is 13.8. The standard InChI is InChI=1S/C16H24FN3O2S2/c1-19(2)9-5-10-20(13-8-11-24(21,22)12-13)16(23)18-15-7-4-3-6-14(15)17/h3-4,6-7,13H,5,8-12H2,1-2H3,(H,18,23)/p+1/t13-/m0/s1. The van der Waals surface area contributed by atoms with Crippen LogP contribution in [0.2, 0.25) is 0 Å². The Labute approximate surface area is 148 Å². The molecule has 0 unspecified atom stereocenters. The molecule has 0 amide bonds. The number of sulfone groups is 1. The van der Waals surface area contributed by atoms with Gasteiger partial charge in [-0.2, -0.15) is 0 Å². The Kier molecular flexibility index (Phi) is 6.54. The normalized spacial score (nSPS) is 19.4. The maximum absolute atomic E-state index is 13.8. The lowest BCUT2D eigenvalue weighted by Crippen LogP contribution is -3.05. The number of nitrogens with one attached hydrogen (secondary N) is 2. The predicted molar refractivity (Wildman–Crippen MR) is 98.7 cm³/mol. The highest BCUT2D eigenvalue weighted by Crippen LogP contribution is 2.20. The molecule has 0 saturated carbocycles. The number of halogens is 1. The summed E-state index contributed by atoms with van der Waals surface area (Å²) in [5, 5.41) is 3.32. The number of quaternary nitrogens is 1. The summed E-state index contributed by atoms with van der Waals surface area (Å²) in [5.74, 6) is -0.0763. The minimum atomic E-state index is -3.00. The summed E-state index contributed by atoms with van der Waals surface area (Å²) in [5.41, 5.74) is 0.312. The van der Waals surface area contributed by atoms with E-state index in [1.165, 1.54) is 11.0 Å². The van der Waals surface area contributed by atoms with Gasteiger partial charge in [0.1, 0.15) is 5.82 Å². The van der Waals surface area contributed by atoms with Gasteiger partial charge in [-0.1, -0.05) is 12.1 Å². The predicted octanol–water partition coefficient (Wildman–Crippen LogP) is 0.546. The lowest BCUT2D eigenvalue weighted by atomic mass is 10.2. The molecule has 0 bridgehead atoms. The third-order valence-corrected chi connectivity index (χ3v) is 6.19. The largest absolute Gasteiger partial charge is 0.345 e.